The van der Waals surface area contributed by atoms with Crippen molar-refractivity contribution in [1.82, 2.24) is 10.1 Å². The molecule has 2 aromatic rings. The maximum absolute atomic E-state index is 15.1. The summed E-state index contributed by atoms with van der Waals surface area (Å²) in [6, 6.07) is 3.91. The molecule has 0 bridgehead atoms. The summed E-state index contributed by atoms with van der Waals surface area (Å²) in [7, 11) is 0. The second-order valence-corrected chi connectivity index (χ2v) is 7.60. The number of benzene rings is 1. The number of nitrogens with zero attached hydrogens (tertiary/aromatic N) is 3. The van der Waals surface area contributed by atoms with Crippen LogP contribution < -0.4 is 14.4 Å². The molecule has 0 saturated carbocycles. The number of hydrogen-bond acceptors (Lipinski definition) is 8. The molecule has 2 amide bonds. The van der Waals surface area contributed by atoms with Gasteiger partial charge in [0.25, 0.3) is 5.88 Å². The summed E-state index contributed by atoms with van der Waals surface area (Å²) in [4.78, 5) is 27.1. The van der Waals surface area contributed by atoms with Crippen molar-refractivity contribution >= 4 is 23.3 Å². The third-order valence-corrected chi connectivity index (χ3v) is 5.78. The van der Waals surface area contributed by atoms with E-state index in [2.05, 4.69) is 5.16 Å². The number of cyclic esters (lactones) is 1. The Balaban J connectivity index is 1.35. The lowest BCUT2D eigenvalue weighted by atomic mass is 9.97. The first-order valence-electron chi connectivity index (χ1n) is 10.1. The first-order chi connectivity index (χ1) is 15.5. The van der Waals surface area contributed by atoms with Crippen LogP contribution in [-0.4, -0.2) is 72.2 Å². The third kappa shape index (κ3) is 3.54. The van der Waals surface area contributed by atoms with Crippen LogP contribution in [0.15, 0.2) is 35.1 Å². The molecule has 1 saturated heterocycles. The minimum Gasteiger partial charge on any atom is -0.489 e. The van der Waals surface area contributed by atoms with Crippen LogP contribution in [0.5, 0.6) is 11.6 Å². The zero-order valence-electron chi connectivity index (χ0n) is 16.9. The molecule has 0 spiro atoms. The van der Waals surface area contributed by atoms with Crippen molar-refractivity contribution in [3.63, 3.8) is 0 Å². The minimum atomic E-state index is -0.619. The lowest BCUT2D eigenvalue weighted by Gasteiger charge is -2.32. The number of fused-ring (bicyclic) bond motifs is 3. The lowest BCUT2D eigenvalue weighted by molar-refractivity contribution is -0.133. The topological polar surface area (TPSA) is 115 Å². The molecule has 0 aliphatic carbocycles. The lowest BCUT2D eigenvalue weighted by Crippen LogP contribution is -2.46. The zero-order valence-corrected chi connectivity index (χ0v) is 16.9. The number of ether oxygens (including phenoxy) is 3. The molecule has 10 nitrogen and oxygen atoms in total. The van der Waals surface area contributed by atoms with Gasteiger partial charge in [0.2, 0.25) is 5.91 Å². The zero-order chi connectivity index (χ0) is 22.2. The molecule has 1 aromatic heterocycles. The number of aliphatic hydroxyl groups is 1. The van der Waals surface area contributed by atoms with E-state index in [0.717, 1.165) is 5.57 Å². The second kappa shape index (κ2) is 8.15. The minimum absolute atomic E-state index is 0.0502. The van der Waals surface area contributed by atoms with E-state index in [1.165, 1.54) is 28.2 Å². The number of halogens is 1. The van der Waals surface area contributed by atoms with Crippen molar-refractivity contribution in [2.75, 3.05) is 37.8 Å². The molecular weight excluding hydrogens is 425 g/mol. The third-order valence-electron chi connectivity index (χ3n) is 5.78. The van der Waals surface area contributed by atoms with E-state index in [4.69, 9.17) is 23.8 Å². The fraction of sp³-hybridized carbons (Fsp3) is 0.381. The van der Waals surface area contributed by atoms with Crippen LogP contribution in [0.2, 0.25) is 0 Å². The number of rotatable bonds is 5. The molecule has 168 valence electrons. The maximum Gasteiger partial charge on any atom is 0.415 e. The highest BCUT2D eigenvalue weighted by molar-refractivity contribution is 5.94. The largest absolute Gasteiger partial charge is 0.489 e. The quantitative estimate of drug-likeness (QED) is 0.738. The van der Waals surface area contributed by atoms with Crippen molar-refractivity contribution in [1.29, 1.82) is 0 Å². The Hall–Kier alpha value is -3.60. The van der Waals surface area contributed by atoms with Crippen molar-refractivity contribution < 1.29 is 37.8 Å². The first-order valence-corrected chi connectivity index (χ1v) is 10.1. The van der Waals surface area contributed by atoms with Crippen LogP contribution in [0.1, 0.15) is 12.0 Å². The number of anilines is 1. The van der Waals surface area contributed by atoms with Crippen LogP contribution >= 0.6 is 0 Å². The molecule has 0 unspecified atom stereocenters. The van der Waals surface area contributed by atoms with E-state index >= 15 is 4.39 Å². The fourth-order valence-electron chi connectivity index (χ4n) is 4.12. The van der Waals surface area contributed by atoms with Gasteiger partial charge in [0, 0.05) is 30.8 Å². The van der Waals surface area contributed by atoms with Gasteiger partial charge < -0.3 is 28.7 Å². The molecule has 2 atom stereocenters. The van der Waals surface area contributed by atoms with Gasteiger partial charge in [-0.1, -0.05) is 6.08 Å². The van der Waals surface area contributed by atoms with Crippen molar-refractivity contribution in [2.24, 2.45) is 0 Å². The smallest absolute Gasteiger partial charge is 0.415 e. The van der Waals surface area contributed by atoms with Gasteiger partial charge in [-0.2, -0.15) is 0 Å². The Labute approximate surface area is 181 Å². The Bertz CT molecular complexity index is 1070. The molecule has 3 aliphatic heterocycles. The maximum atomic E-state index is 15.1. The molecule has 1 fully saturated rings. The number of hydrogen-bond donors (Lipinski definition) is 1. The van der Waals surface area contributed by atoms with E-state index in [1.807, 2.05) is 0 Å². The standard InChI is InChI=1S/C21H20FN3O7/c22-14-8-15-17(7-13(14)12-1-4-24(5-2-12)20(27)9-26)29-10-16-18(32-21(28)25(15)16)11-30-19-3-6-31-23-19/h1,3,6-8,16,18,26H,2,4-5,9-11H2/t16-,18-/m0/s1. The predicted octanol–water partition coefficient (Wildman–Crippen LogP) is 1.59. The highest BCUT2D eigenvalue weighted by Crippen LogP contribution is 2.42. The summed E-state index contributed by atoms with van der Waals surface area (Å²) in [5, 5.41) is 12.6. The van der Waals surface area contributed by atoms with Gasteiger partial charge in [-0.05, 0) is 23.2 Å². The van der Waals surface area contributed by atoms with Gasteiger partial charge in [0.1, 0.15) is 43.7 Å². The molecule has 1 N–H and O–H groups in total. The monoisotopic (exact) mass is 445 g/mol. The Kier molecular flexibility index (Phi) is 5.17. The Morgan fingerprint density at radius 3 is 2.97 bits per heavy atom. The van der Waals surface area contributed by atoms with E-state index in [-0.39, 0.29) is 25.0 Å². The highest BCUT2D eigenvalue weighted by Gasteiger charge is 2.47. The molecule has 11 heteroatoms. The fourth-order valence-corrected chi connectivity index (χ4v) is 4.12. The molecule has 5 rings (SSSR count). The average molecular weight is 445 g/mol. The Morgan fingerprint density at radius 2 is 2.25 bits per heavy atom. The van der Waals surface area contributed by atoms with E-state index in [0.29, 0.717) is 36.5 Å². The van der Waals surface area contributed by atoms with E-state index < -0.39 is 30.7 Å². The number of carbonyl (C=O) groups is 2. The van der Waals surface area contributed by atoms with Gasteiger partial charge >= 0.3 is 6.09 Å². The van der Waals surface area contributed by atoms with Crippen molar-refractivity contribution in [3.05, 3.63) is 41.9 Å². The second-order valence-electron chi connectivity index (χ2n) is 7.60. The van der Waals surface area contributed by atoms with Crippen LogP contribution in [0.25, 0.3) is 5.57 Å². The first kappa shape index (κ1) is 20.3. The van der Waals surface area contributed by atoms with Gasteiger partial charge in [-0.15, -0.1) is 0 Å². The van der Waals surface area contributed by atoms with Crippen LogP contribution in [0.3, 0.4) is 0 Å². The SMILES string of the molecule is O=C(CO)N1CC=C(c2cc3c(cc2F)N2C(=O)O[C@@H](COc4ccon4)[C@@H]2CO3)CC1. The predicted molar refractivity (Wildman–Crippen MR) is 107 cm³/mol. The van der Waals surface area contributed by atoms with Gasteiger partial charge in [-0.3, -0.25) is 9.69 Å². The number of carbonyl (C=O) groups excluding carboxylic acids is 2. The Morgan fingerprint density at radius 1 is 1.38 bits per heavy atom. The molecule has 32 heavy (non-hydrogen) atoms. The van der Waals surface area contributed by atoms with E-state index in [9.17, 15) is 9.59 Å². The molecule has 3 aliphatic rings. The summed E-state index contributed by atoms with van der Waals surface area (Å²) in [6.07, 6.45) is 2.35. The van der Waals surface area contributed by atoms with Gasteiger partial charge in [-0.25, -0.2) is 9.18 Å². The number of aliphatic hydroxyl groups excluding tert-OH is 1. The average Bonchev–Trinajstić information content (AvgIpc) is 3.44. The summed E-state index contributed by atoms with van der Waals surface area (Å²) in [5.74, 6) is -0.221. The molecule has 1 aromatic carbocycles. The summed E-state index contributed by atoms with van der Waals surface area (Å²) in [6.45, 7) is 0.335. The summed E-state index contributed by atoms with van der Waals surface area (Å²) >= 11 is 0. The van der Waals surface area contributed by atoms with Crippen LogP contribution in [-0.2, 0) is 9.53 Å². The summed E-state index contributed by atoms with van der Waals surface area (Å²) in [5.41, 5.74) is 1.39. The molecule has 0 radical (unpaired) electrons. The molecular formula is C21H20FN3O7. The van der Waals surface area contributed by atoms with Crippen LogP contribution in [0, 0.1) is 5.82 Å². The normalized spacial score (nSPS) is 21.9. The van der Waals surface area contributed by atoms with Crippen molar-refractivity contribution in [2.45, 2.75) is 18.6 Å². The van der Waals surface area contributed by atoms with Crippen molar-refractivity contribution in [3.8, 4) is 11.6 Å². The number of amides is 2. The van der Waals surface area contributed by atoms with Gasteiger partial charge in [0.15, 0.2) is 6.10 Å². The summed E-state index contributed by atoms with van der Waals surface area (Å²) < 4.78 is 36.5. The van der Waals surface area contributed by atoms with E-state index in [1.54, 1.807) is 12.1 Å². The van der Waals surface area contributed by atoms with Crippen LogP contribution in [0.4, 0.5) is 14.9 Å². The highest BCUT2D eigenvalue weighted by atomic mass is 19.1. The van der Waals surface area contributed by atoms with Gasteiger partial charge in [0.05, 0.1) is 5.69 Å². The molecule has 4 heterocycles. The number of aromatic nitrogens is 1.